The van der Waals surface area contributed by atoms with Crippen LogP contribution in [-0.4, -0.2) is 45.9 Å². The molecule has 1 amide bonds. The van der Waals surface area contributed by atoms with Gasteiger partial charge in [-0.15, -0.1) is 0 Å². The molecule has 0 atom stereocenters. The summed E-state index contributed by atoms with van der Waals surface area (Å²) < 4.78 is 0. The quantitative estimate of drug-likeness (QED) is 0.699. The van der Waals surface area contributed by atoms with E-state index in [1.807, 2.05) is 35.5 Å². The van der Waals surface area contributed by atoms with Gasteiger partial charge in [-0.1, -0.05) is 12.1 Å². The minimum absolute atomic E-state index is 0.0572. The van der Waals surface area contributed by atoms with E-state index in [0.29, 0.717) is 17.8 Å². The van der Waals surface area contributed by atoms with Crippen molar-refractivity contribution in [2.24, 2.45) is 0 Å². The number of hydrogen-bond donors (Lipinski definition) is 2. The molecule has 6 nitrogen and oxygen atoms in total. The van der Waals surface area contributed by atoms with Crippen LogP contribution in [0.5, 0.6) is 0 Å². The summed E-state index contributed by atoms with van der Waals surface area (Å²) >= 11 is 0. The molecule has 2 aliphatic rings. The van der Waals surface area contributed by atoms with Crippen molar-refractivity contribution >= 4 is 28.3 Å². The van der Waals surface area contributed by atoms with Crippen LogP contribution in [0.4, 0.5) is 11.4 Å². The molecule has 1 aliphatic heterocycles. The average Bonchev–Trinajstić information content (AvgIpc) is 3.24. The molecule has 1 saturated heterocycles. The fraction of sp³-hybridized carbons (Fsp3) is 0.300. The van der Waals surface area contributed by atoms with E-state index in [2.05, 4.69) is 27.0 Å². The number of nitrogen functional groups attached to an aromatic ring is 1. The standard InChI is InChI=1S/C20H21N5O/c21-16-4-2-1-3-14(16)19(26)25-12-11-24(13-20(25)7-8-20)17-6-10-23-18-15(17)5-9-22-18/h1-6,9-10H,7-8,11-13,21H2,(H,22,23). The maximum atomic E-state index is 13.1. The van der Waals surface area contributed by atoms with Crippen molar-refractivity contribution < 1.29 is 4.79 Å². The molecule has 1 aliphatic carbocycles. The number of nitrogens with one attached hydrogen (secondary N) is 1. The van der Waals surface area contributed by atoms with Crippen LogP contribution < -0.4 is 10.6 Å². The molecule has 0 unspecified atom stereocenters. The number of aromatic nitrogens is 2. The van der Waals surface area contributed by atoms with Crippen LogP contribution in [0.2, 0.25) is 0 Å². The first-order valence-electron chi connectivity index (χ1n) is 9.01. The SMILES string of the molecule is Nc1ccccc1C(=O)N1CCN(c2ccnc3[nH]ccc23)CC12CC2. The minimum atomic E-state index is -0.0660. The van der Waals surface area contributed by atoms with E-state index in [-0.39, 0.29) is 11.4 Å². The van der Waals surface area contributed by atoms with Crippen LogP contribution in [0.25, 0.3) is 11.0 Å². The maximum Gasteiger partial charge on any atom is 0.256 e. The largest absolute Gasteiger partial charge is 0.398 e. The van der Waals surface area contributed by atoms with Gasteiger partial charge >= 0.3 is 0 Å². The molecule has 1 aromatic carbocycles. The summed E-state index contributed by atoms with van der Waals surface area (Å²) in [6.45, 7) is 2.38. The zero-order valence-corrected chi connectivity index (χ0v) is 14.5. The predicted molar refractivity (Wildman–Crippen MR) is 102 cm³/mol. The van der Waals surface area contributed by atoms with Gasteiger partial charge in [0.1, 0.15) is 5.65 Å². The highest BCUT2D eigenvalue weighted by molar-refractivity contribution is 6.00. The number of para-hydroxylation sites is 1. The zero-order chi connectivity index (χ0) is 17.7. The summed E-state index contributed by atoms with van der Waals surface area (Å²) in [6, 6.07) is 11.5. The van der Waals surface area contributed by atoms with Crippen molar-refractivity contribution in [3.8, 4) is 0 Å². The van der Waals surface area contributed by atoms with Gasteiger partial charge in [-0.2, -0.15) is 0 Å². The number of aromatic amines is 1. The number of fused-ring (bicyclic) bond motifs is 1. The lowest BCUT2D eigenvalue weighted by Crippen LogP contribution is -2.57. The number of H-pyrrole nitrogens is 1. The second-order valence-electron chi connectivity index (χ2n) is 7.26. The topological polar surface area (TPSA) is 78.2 Å². The average molecular weight is 347 g/mol. The predicted octanol–water partition coefficient (Wildman–Crippen LogP) is 2.64. The van der Waals surface area contributed by atoms with Gasteiger partial charge in [0.2, 0.25) is 0 Å². The van der Waals surface area contributed by atoms with E-state index >= 15 is 0 Å². The third kappa shape index (κ3) is 2.25. The number of benzene rings is 1. The number of hydrogen-bond acceptors (Lipinski definition) is 4. The summed E-state index contributed by atoms with van der Waals surface area (Å²) in [7, 11) is 0. The van der Waals surface area contributed by atoms with Gasteiger partial charge in [-0.3, -0.25) is 4.79 Å². The number of rotatable bonds is 2. The smallest absolute Gasteiger partial charge is 0.256 e. The molecule has 0 bridgehead atoms. The Kier molecular flexibility index (Phi) is 3.22. The first-order valence-corrected chi connectivity index (χ1v) is 9.01. The Morgan fingerprint density at radius 1 is 1.15 bits per heavy atom. The summed E-state index contributed by atoms with van der Waals surface area (Å²) in [5.74, 6) is 0.0572. The highest BCUT2D eigenvalue weighted by Crippen LogP contribution is 2.46. The molecule has 3 aromatic rings. The lowest BCUT2D eigenvalue weighted by molar-refractivity contribution is 0.0626. The molecule has 2 fully saturated rings. The van der Waals surface area contributed by atoms with Gasteiger partial charge in [0.15, 0.2) is 0 Å². The number of nitrogens with two attached hydrogens (primary N) is 1. The van der Waals surface area contributed by atoms with Crippen molar-refractivity contribution in [3.63, 3.8) is 0 Å². The van der Waals surface area contributed by atoms with Gasteiger partial charge in [0.25, 0.3) is 5.91 Å². The van der Waals surface area contributed by atoms with Gasteiger partial charge in [0, 0.05) is 48.8 Å². The summed E-state index contributed by atoms with van der Waals surface area (Å²) in [4.78, 5) is 25.1. The number of piperazine rings is 1. The molecule has 26 heavy (non-hydrogen) atoms. The summed E-state index contributed by atoms with van der Waals surface area (Å²) in [5, 5.41) is 1.13. The molecule has 132 valence electrons. The first kappa shape index (κ1) is 15.3. The normalized spacial score (nSPS) is 18.5. The van der Waals surface area contributed by atoms with E-state index in [4.69, 9.17) is 5.73 Å². The van der Waals surface area contributed by atoms with E-state index < -0.39 is 0 Å². The second kappa shape index (κ2) is 5.49. The fourth-order valence-electron chi connectivity index (χ4n) is 4.13. The van der Waals surface area contributed by atoms with Crippen molar-refractivity contribution in [2.45, 2.75) is 18.4 Å². The summed E-state index contributed by atoms with van der Waals surface area (Å²) in [5.41, 5.74) is 9.24. The third-order valence-electron chi connectivity index (χ3n) is 5.69. The van der Waals surface area contributed by atoms with Crippen LogP contribution in [0, 0.1) is 0 Å². The zero-order valence-electron chi connectivity index (χ0n) is 14.5. The Labute approximate surface area is 151 Å². The molecule has 0 radical (unpaired) electrons. The third-order valence-corrected chi connectivity index (χ3v) is 5.69. The van der Waals surface area contributed by atoms with Crippen molar-refractivity contribution in [3.05, 3.63) is 54.4 Å². The molecular formula is C20H21N5O. The first-order chi connectivity index (χ1) is 12.7. The van der Waals surface area contributed by atoms with Crippen LogP contribution in [0.15, 0.2) is 48.8 Å². The van der Waals surface area contributed by atoms with Crippen LogP contribution in [0.1, 0.15) is 23.2 Å². The van der Waals surface area contributed by atoms with Gasteiger partial charge in [-0.05, 0) is 37.1 Å². The molecule has 3 N–H and O–H groups in total. The Morgan fingerprint density at radius 3 is 2.81 bits per heavy atom. The second-order valence-corrected chi connectivity index (χ2v) is 7.26. The van der Waals surface area contributed by atoms with Crippen LogP contribution in [0.3, 0.4) is 0 Å². The van der Waals surface area contributed by atoms with Gasteiger partial charge in [0.05, 0.1) is 11.1 Å². The van der Waals surface area contributed by atoms with Crippen molar-refractivity contribution in [2.75, 3.05) is 30.3 Å². The maximum absolute atomic E-state index is 13.1. The molecular weight excluding hydrogens is 326 g/mol. The lowest BCUT2D eigenvalue weighted by atomic mass is 10.1. The Hall–Kier alpha value is -3.02. The van der Waals surface area contributed by atoms with E-state index in [9.17, 15) is 4.79 Å². The number of anilines is 2. The summed E-state index contributed by atoms with van der Waals surface area (Å²) in [6.07, 6.45) is 5.86. The van der Waals surface area contributed by atoms with Crippen LogP contribution in [-0.2, 0) is 0 Å². The molecule has 3 heterocycles. The number of amides is 1. The highest BCUT2D eigenvalue weighted by Gasteiger charge is 2.53. The van der Waals surface area contributed by atoms with Gasteiger partial charge < -0.3 is 20.5 Å². The molecule has 6 heteroatoms. The molecule has 2 aromatic heterocycles. The van der Waals surface area contributed by atoms with Crippen molar-refractivity contribution in [1.82, 2.24) is 14.9 Å². The number of pyridine rings is 1. The van der Waals surface area contributed by atoms with E-state index in [1.165, 1.54) is 5.69 Å². The Bertz CT molecular complexity index is 991. The van der Waals surface area contributed by atoms with E-state index in [0.717, 1.165) is 37.0 Å². The Morgan fingerprint density at radius 2 is 2.00 bits per heavy atom. The van der Waals surface area contributed by atoms with Gasteiger partial charge in [-0.25, -0.2) is 4.98 Å². The molecule has 1 spiro atoms. The minimum Gasteiger partial charge on any atom is -0.398 e. The van der Waals surface area contributed by atoms with Crippen molar-refractivity contribution in [1.29, 1.82) is 0 Å². The number of nitrogens with zero attached hydrogens (tertiary/aromatic N) is 3. The monoisotopic (exact) mass is 347 g/mol. The van der Waals surface area contributed by atoms with Crippen LogP contribution >= 0.6 is 0 Å². The molecule has 1 saturated carbocycles. The highest BCUT2D eigenvalue weighted by atomic mass is 16.2. The molecule has 5 rings (SSSR count). The number of carbonyl (C=O) groups excluding carboxylic acids is 1. The lowest BCUT2D eigenvalue weighted by Gasteiger charge is -2.43. The van der Waals surface area contributed by atoms with E-state index in [1.54, 1.807) is 6.07 Å². The Balaban J connectivity index is 1.44. The number of carbonyl (C=O) groups is 1. The fourth-order valence-corrected chi connectivity index (χ4v) is 4.13.